The zero-order chi connectivity index (χ0) is 22.2. The number of rotatable bonds is 7. The van der Waals surface area contributed by atoms with Crippen molar-refractivity contribution >= 4 is 41.5 Å². The second-order valence-corrected chi connectivity index (χ2v) is 9.18. The Morgan fingerprint density at radius 3 is 2.59 bits per heavy atom. The Bertz CT molecular complexity index is 873. The molecule has 1 aliphatic heterocycles. The Hall–Kier alpha value is -1.35. The number of hydrogen-bond acceptors (Lipinski definition) is 3. The molecule has 0 saturated carbocycles. The fraction of sp³-hybridized carbons (Fsp3) is 0.480. The molecular formula is C25H37ClIN5. The van der Waals surface area contributed by atoms with E-state index in [1.807, 2.05) is 13.1 Å². The van der Waals surface area contributed by atoms with Gasteiger partial charge in [-0.2, -0.15) is 0 Å². The highest BCUT2D eigenvalue weighted by atomic mass is 127. The molecule has 1 heterocycles. The van der Waals surface area contributed by atoms with E-state index in [0.29, 0.717) is 12.0 Å². The van der Waals surface area contributed by atoms with Gasteiger partial charge in [0.2, 0.25) is 0 Å². The van der Waals surface area contributed by atoms with Gasteiger partial charge in [0.15, 0.2) is 5.96 Å². The number of hydrogen-bond donors (Lipinski definition) is 2. The van der Waals surface area contributed by atoms with Crippen molar-refractivity contribution in [2.45, 2.75) is 32.0 Å². The lowest BCUT2D eigenvalue weighted by atomic mass is 9.85. The number of nitrogens with zero attached hydrogens (tertiary/aromatic N) is 3. The molecule has 1 saturated heterocycles. The van der Waals surface area contributed by atoms with Crippen LogP contribution in [-0.2, 0) is 13.1 Å². The quantitative estimate of drug-likeness (QED) is 0.287. The van der Waals surface area contributed by atoms with Crippen molar-refractivity contribution in [3.63, 3.8) is 0 Å². The zero-order valence-corrected chi connectivity index (χ0v) is 22.7. The molecule has 5 nitrogen and oxygen atoms in total. The van der Waals surface area contributed by atoms with Crippen LogP contribution in [0.3, 0.4) is 0 Å². The van der Waals surface area contributed by atoms with Crippen molar-refractivity contribution < 1.29 is 0 Å². The first-order chi connectivity index (χ1) is 15.0. The zero-order valence-electron chi connectivity index (χ0n) is 19.6. The Kier molecular flexibility index (Phi) is 11.2. The number of likely N-dealkylation sites (tertiary alicyclic amines) is 1. The van der Waals surface area contributed by atoms with Gasteiger partial charge in [-0.25, -0.2) is 0 Å². The molecule has 0 bridgehead atoms. The minimum Gasteiger partial charge on any atom is -0.356 e. The van der Waals surface area contributed by atoms with Crippen LogP contribution in [0.1, 0.15) is 35.6 Å². The normalized spacial score (nSPS) is 19.5. The monoisotopic (exact) mass is 569 g/mol. The van der Waals surface area contributed by atoms with Gasteiger partial charge < -0.3 is 15.5 Å². The van der Waals surface area contributed by atoms with Crippen LogP contribution in [-0.4, -0.2) is 57.0 Å². The van der Waals surface area contributed by atoms with E-state index in [0.717, 1.165) is 37.2 Å². The topological polar surface area (TPSA) is 42.9 Å². The Labute approximate surface area is 215 Å². The van der Waals surface area contributed by atoms with Crippen LogP contribution in [0.2, 0.25) is 5.02 Å². The molecule has 2 aromatic rings. The Balaban J connectivity index is 0.00000363. The van der Waals surface area contributed by atoms with Gasteiger partial charge in [-0.1, -0.05) is 48.0 Å². The maximum Gasteiger partial charge on any atom is 0.191 e. The van der Waals surface area contributed by atoms with Gasteiger partial charge in [-0.3, -0.25) is 9.89 Å². The summed E-state index contributed by atoms with van der Waals surface area (Å²) in [6, 6.07) is 17.4. The van der Waals surface area contributed by atoms with Gasteiger partial charge in [0.05, 0.1) is 0 Å². The summed E-state index contributed by atoms with van der Waals surface area (Å²) in [5, 5.41) is 7.84. The van der Waals surface area contributed by atoms with E-state index in [2.05, 4.69) is 89.0 Å². The number of halogens is 2. The number of nitrogens with one attached hydrogen (secondary N) is 2. The van der Waals surface area contributed by atoms with Gasteiger partial charge in [0, 0.05) is 37.7 Å². The van der Waals surface area contributed by atoms with Crippen molar-refractivity contribution in [2.75, 3.05) is 41.3 Å². The third-order valence-corrected chi connectivity index (χ3v) is 6.14. The van der Waals surface area contributed by atoms with E-state index in [-0.39, 0.29) is 24.0 Å². The predicted molar refractivity (Wildman–Crippen MR) is 147 cm³/mol. The molecule has 1 fully saturated rings. The highest BCUT2D eigenvalue weighted by Gasteiger charge is 2.30. The largest absolute Gasteiger partial charge is 0.356 e. The molecule has 176 valence electrons. The lowest BCUT2D eigenvalue weighted by Gasteiger charge is -2.40. The number of aliphatic imine (C=N–C) groups is 1. The number of piperidine rings is 1. The van der Waals surface area contributed by atoms with Crippen molar-refractivity contribution in [1.82, 2.24) is 20.4 Å². The predicted octanol–water partition coefficient (Wildman–Crippen LogP) is 4.77. The molecule has 7 heteroatoms. The van der Waals surface area contributed by atoms with E-state index >= 15 is 0 Å². The molecule has 2 N–H and O–H groups in total. The van der Waals surface area contributed by atoms with Crippen LogP contribution in [0.5, 0.6) is 0 Å². The van der Waals surface area contributed by atoms with Crippen LogP contribution in [0.15, 0.2) is 53.5 Å². The molecule has 2 aromatic carbocycles. The Morgan fingerprint density at radius 2 is 1.88 bits per heavy atom. The maximum absolute atomic E-state index is 6.28. The van der Waals surface area contributed by atoms with E-state index in [1.54, 1.807) is 0 Å². The van der Waals surface area contributed by atoms with Gasteiger partial charge in [0.25, 0.3) is 0 Å². The molecule has 1 aliphatic rings. The van der Waals surface area contributed by atoms with E-state index in [4.69, 9.17) is 11.6 Å². The number of guanidine groups is 1. The molecule has 0 amide bonds. The highest BCUT2D eigenvalue weighted by Crippen LogP contribution is 2.35. The summed E-state index contributed by atoms with van der Waals surface area (Å²) in [7, 11) is 8.23. The molecule has 2 atom stereocenters. The van der Waals surface area contributed by atoms with Gasteiger partial charge in [-0.05, 0) is 75.3 Å². The lowest BCUT2D eigenvalue weighted by molar-refractivity contribution is 0.122. The molecule has 3 rings (SSSR count). The molecule has 2 unspecified atom stereocenters. The van der Waals surface area contributed by atoms with Crippen LogP contribution in [0.4, 0.5) is 0 Å². The average Bonchev–Trinajstić information content (AvgIpc) is 2.73. The van der Waals surface area contributed by atoms with E-state index in [9.17, 15) is 0 Å². The first kappa shape index (κ1) is 26.9. The smallest absolute Gasteiger partial charge is 0.191 e. The minimum absolute atomic E-state index is 0. The van der Waals surface area contributed by atoms with Crippen molar-refractivity contribution in [2.24, 2.45) is 10.9 Å². The fourth-order valence-electron chi connectivity index (χ4n) is 4.53. The molecule has 0 aliphatic carbocycles. The second kappa shape index (κ2) is 13.4. The van der Waals surface area contributed by atoms with E-state index < -0.39 is 0 Å². The summed E-state index contributed by atoms with van der Waals surface area (Å²) in [5.41, 5.74) is 3.88. The highest BCUT2D eigenvalue weighted by molar-refractivity contribution is 14.0. The van der Waals surface area contributed by atoms with Gasteiger partial charge in [0.1, 0.15) is 0 Å². The minimum atomic E-state index is 0. The SMILES string of the molecule is CN=C(NCc1cccc(CN(C)C)c1)NCC1CCCN(C)C1c1cccc(Cl)c1.I. The summed E-state index contributed by atoms with van der Waals surface area (Å²) in [5.74, 6) is 1.34. The fourth-order valence-corrected chi connectivity index (χ4v) is 4.73. The number of benzene rings is 2. The Morgan fingerprint density at radius 1 is 1.12 bits per heavy atom. The average molecular weight is 570 g/mol. The van der Waals surface area contributed by atoms with Crippen molar-refractivity contribution in [1.29, 1.82) is 0 Å². The standard InChI is InChI=1S/C25H36ClN5.HI/c1-27-25(28-16-19-8-5-9-20(14-19)18-30(2)3)29-17-22-11-7-13-31(4)24(22)21-10-6-12-23(26)15-21;/h5-6,8-10,12,14-15,22,24H,7,11,13,16-18H2,1-4H3,(H2,27,28,29);1H. The van der Waals surface area contributed by atoms with Crippen LogP contribution in [0.25, 0.3) is 0 Å². The third-order valence-electron chi connectivity index (χ3n) is 5.90. The maximum atomic E-state index is 6.28. The van der Waals surface area contributed by atoms with E-state index in [1.165, 1.54) is 29.5 Å². The second-order valence-electron chi connectivity index (χ2n) is 8.75. The van der Waals surface area contributed by atoms with Crippen LogP contribution in [0, 0.1) is 5.92 Å². The molecule has 0 aromatic heterocycles. The molecule has 0 spiro atoms. The lowest BCUT2D eigenvalue weighted by Crippen LogP contribution is -2.44. The van der Waals surface area contributed by atoms with Crippen molar-refractivity contribution in [3.05, 3.63) is 70.2 Å². The molecule has 0 radical (unpaired) electrons. The van der Waals surface area contributed by atoms with Gasteiger partial charge in [-0.15, -0.1) is 24.0 Å². The van der Waals surface area contributed by atoms with Crippen LogP contribution >= 0.6 is 35.6 Å². The summed E-state index contributed by atoms with van der Waals surface area (Å²) < 4.78 is 0. The summed E-state index contributed by atoms with van der Waals surface area (Å²) in [4.78, 5) is 9.08. The van der Waals surface area contributed by atoms with Crippen molar-refractivity contribution in [3.8, 4) is 0 Å². The third kappa shape index (κ3) is 7.90. The summed E-state index contributed by atoms with van der Waals surface area (Å²) in [6.07, 6.45) is 2.41. The summed E-state index contributed by atoms with van der Waals surface area (Å²) in [6.45, 7) is 3.69. The molecular weight excluding hydrogens is 533 g/mol. The first-order valence-corrected chi connectivity index (χ1v) is 11.5. The molecule has 32 heavy (non-hydrogen) atoms. The van der Waals surface area contributed by atoms with Crippen LogP contribution < -0.4 is 10.6 Å². The summed E-state index contributed by atoms with van der Waals surface area (Å²) >= 11 is 6.28. The van der Waals surface area contributed by atoms with Gasteiger partial charge >= 0.3 is 0 Å². The first-order valence-electron chi connectivity index (χ1n) is 11.1.